The summed E-state index contributed by atoms with van der Waals surface area (Å²) in [5, 5.41) is 22.9. The molecule has 1 nitrogen and oxygen atoms in total. The van der Waals surface area contributed by atoms with E-state index in [1.807, 2.05) is 0 Å². The zero-order valence-electron chi connectivity index (χ0n) is 32.2. The molecule has 0 aliphatic carbocycles. The number of benzene rings is 12. The Bertz CT molecular complexity index is 3830. The third-order valence-electron chi connectivity index (χ3n) is 12.9. The summed E-state index contributed by atoms with van der Waals surface area (Å²) < 4.78 is 0. The van der Waals surface area contributed by atoms with Gasteiger partial charge in [-0.05, 0) is 151 Å². The van der Waals surface area contributed by atoms with Gasteiger partial charge in [0.1, 0.15) is 0 Å². The predicted molar refractivity (Wildman–Crippen MR) is 255 cm³/mol. The predicted octanol–water partition coefficient (Wildman–Crippen LogP) is 16.6. The van der Waals surface area contributed by atoms with E-state index in [1.54, 1.807) is 0 Å². The summed E-state index contributed by atoms with van der Waals surface area (Å²) in [6.07, 6.45) is 0. The molecule has 0 fully saturated rings. The summed E-state index contributed by atoms with van der Waals surface area (Å²) in [7, 11) is 0. The first-order valence-corrected chi connectivity index (χ1v) is 20.5. The molecule has 0 saturated heterocycles. The first kappa shape index (κ1) is 32.4. The summed E-state index contributed by atoms with van der Waals surface area (Å²) >= 11 is 0. The van der Waals surface area contributed by atoms with Crippen molar-refractivity contribution in [2.45, 2.75) is 0 Å². The van der Waals surface area contributed by atoms with Crippen LogP contribution in [0.4, 0.5) is 17.1 Å². The van der Waals surface area contributed by atoms with Gasteiger partial charge in [-0.25, -0.2) is 0 Å². The standard InChI is InChI=1S/C58H35N/c1-2-10-42-33-47(30-26-36(42)8-1)59(46-28-24-37(25-29-46)43-27-31-50-44(32-43)22-18-38-9-3-4-14-49(38)50)48-34-45-23-21-41-12-6-16-52-51-15-5-11-39-19-20-40-13-7-17-53(57(40)55(39)51)54(35-48)58(45)56(41)52/h1-35H. The topological polar surface area (TPSA) is 3.24 Å². The van der Waals surface area contributed by atoms with Crippen LogP contribution in [0.15, 0.2) is 212 Å². The fourth-order valence-electron chi connectivity index (χ4n) is 10.2. The Kier molecular flexibility index (Phi) is 6.79. The molecule has 1 heteroatoms. The highest BCUT2D eigenvalue weighted by Gasteiger charge is 2.20. The van der Waals surface area contributed by atoms with E-state index in [0.717, 1.165) is 17.1 Å². The molecule has 0 N–H and O–H groups in total. The first-order valence-electron chi connectivity index (χ1n) is 20.5. The summed E-state index contributed by atoms with van der Waals surface area (Å²) in [5.74, 6) is 0. The van der Waals surface area contributed by atoms with Crippen molar-refractivity contribution in [3.8, 4) is 11.1 Å². The number of fused-ring (bicyclic) bond motifs is 6. The molecule has 0 bridgehead atoms. The van der Waals surface area contributed by atoms with Crippen LogP contribution < -0.4 is 4.90 Å². The van der Waals surface area contributed by atoms with Gasteiger partial charge in [-0.2, -0.15) is 0 Å². The fraction of sp³-hybridized carbons (Fsp3) is 0. The molecular weight excluding hydrogens is 711 g/mol. The highest BCUT2D eigenvalue weighted by molar-refractivity contribution is 6.37. The Labute approximate surface area is 340 Å². The van der Waals surface area contributed by atoms with Crippen LogP contribution in [0, 0.1) is 0 Å². The molecule has 0 unspecified atom stereocenters. The van der Waals surface area contributed by atoms with Crippen LogP contribution in [0.2, 0.25) is 0 Å². The molecular formula is C58H35N. The second kappa shape index (κ2) is 12.4. The minimum Gasteiger partial charge on any atom is -0.310 e. The van der Waals surface area contributed by atoms with Crippen molar-refractivity contribution in [3.05, 3.63) is 212 Å². The van der Waals surface area contributed by atoms with Gasteiger partial charge in [0.05, 0.1) is 0 Å². The minimum atomic E-state index is 1.11. The smallest absolute Gasteiger partial charge is 0.0474 e. The Hall–Kier alpha value is -7.74. The number of nitrogens with zero attached hydrogens (tertiary/aromatic N) is 1. The normalized spacial score (nSPS) is 12.1. The second-order valence-electron chi connectivity index (χ2n) is 16.1. The number of hydrogen-bond donors (Lipinski definition) is 0. The first-order chi connectivity index (χ1) is 29.2. The molecule has 13 rings (SSSR count). The van der Waals surface area contributed by atoms with Crippen LogP contribution in [0.3, 0.4) is 0 Å². The molecule has 13 aromatic rings. The molecule has 0 aliphatic heterocycles. The highest BCUT2D eigenvalue weighted by Crippen LogP contribution is 2.46. The van der Waals surface area contributed by atoms with Crippen LogP contribution in [0.1, 0.15) is 0 Å². The summed E-state index contributed by atoms with van der Waals surface area (Å²) in [5.41, 5.74) is 5.77. The van der Waals surface area contributed by atoms with E-state index in [4.69, 9.17) is 0 Å². The number of anilines is 3. The SMILES string of the molecule is c1ccc2cc(N(c3ccc(-c4ccc5c(ccc6ccccc65)c4)cc3)c3cc4ccc5cccc6c7cccc8ccc9cccc(c(c3)c4c56)c9c87)ccc2c1. The Morgan fingerprint density at radius 3 is 1.37 bits per heavy atom. The van der Waals surface area contributed by atoms with Crippen molar-refractivity contribution in [2.24, 2.45) is 0 Å². The Balaban J connectivity index is 1.07. The van der Waals surface area contributed by atoms with Gasteiger partial charge in [0.15, 0.2) is 0 Å². The maximum absolute atomic E-state index is 2.46. The molecule has 0 heterocycles. The van der Waals surface area contributed by atoms with Crippen LogP contribution >= 0.6 is 0 Å². The van der Waals surface area contributed by atoms with E-state index >= 15 is 0 Å². The minimum absolute atomic E-state index is 1.11. The average molecular weight is 746 g/mol. The van der Waals surface area contributed by atoms with Gasteiger partial charge in [0.2, 0.25) is 0 Å². The van der Waals surface area contributed by atoms with Crippen molar-refractivity contribution >= 4 is 114 Å². The van der Waals surface area contributed by atoms with Gasteiger partial charge in [-0.3, -0.25) is 0 Å². The third-order valence-corrected chi connectivity index (χ3v) is 12.9. The van der Waals surface area contributed by atoms with Crippen molar-refractivity contribution in [1.29, 1.82) is 0 Å². The van der Waals surface area contributed by atoms with Crippen LogP contribution in [-0.2, 0) is 0 Å². The molecule has 0 radical (unpaired) electrons. The molecule has 59 heavy (non-hydrogen) atoms. The van der Waals surface area contributed by atoms with Gasteiger partial charge in [0, 0.05) is 17.1 Å². The van der Waals surface area contributed by atoms with Crippen LogP contribution in [0.25, 0.3) is 108 Å². The molecule has 0 atom stereocenters. The average Bonchev–Trinajstić information content (AvgIpc) is 3.30. The molecule has 0 saturated carbocycles. The van der Waals surface area contributed by atoms with E-state index < -0.39 is 0 Å². The van der Waals surface area contributed by atoms with Gasteiger partial charge in [-0.1, -0.05) is 170 Å². The lowest BCUT2D eigenvalue weighted by atomic mass is 9.87. The maximum atomic E-state index is 2.46. The zero-order chi connectivity index (χ0) is 38.6. The van der Waals surface area contributed by atoms with Crippen LogP contribution in [-0.4, -0.2) is 0 Å². The lowest BCUT2D eigenvalue weighted by Crippen LogP contribution is -2.10. The van der Waals surface area contributed by atoms with E-state index in [2.05, 4.69) is 217 Å². The van der Waals surface area contributed by atoms with Gasteiger partial charge in [0.25, 0.3) is 0 Å². The summed E-state index contributed by atoms with van der Waals surface area (Å²) in [6.45, 7) is 0. The number of hydrogen-bond acceptors (Lipinski definition) is 1. The molecule has 13 aromatic carbocycles. The maximum Gasteiger partial charge on any atom is 0.0474 e. The quantitative estimate of drug-likeness (QED) is 0.162. The second-order valence-corrected chi connectivity index (χ2v) is 16.1. The largest absolute Gasteiger partial charge is 0.310 e. The molecule has 0 aromatic heterocycles. The lowest BCUT2D eigenvalue weighted by Gasteiger charge is -2.27. The molecule has 0 amide bonds. The molecule has 0 spiro atoms. The number of rotatable bonds is 4. The van der Waals surface area contributed by atoms with E-state index in [9.17, 15) is 0 Å². The Morgan fingerprint density at radius 1 is 0.203 bits per heavy atom. The molecule has 272 valence electrons. The third kappa shape index (κ3) is 4.86. The van der Waals surface area contributed by atoms with Gasteiger partial charge in [-0.15, -0.1) is 0 Å². The van der Waals surface area contributed by atoms with Gasteiger partial charge >= 0.3 is 0 Å². The fourth-order valence-corrected chi connectivity index (χ4v) is 10.2. The van der Waals surface area contributed by atoms with Crippen molar-refractivity contribution in [1.82, 2.24) is 0 Å². The summed E-state index contributed by atoms with van der Waals surface area (Å²) in [6, 6.07) is 79.2. The monoisotopic (exact) mass is 745 g/mol. The Morgan fingerprint density at radius 2 is 0.661 bits per heavy atom. The highest BCUT2D eigenvalue weighted by atomic mass is 15.1. The lowest BCUT2D eigenvalue weighted by molar-refractivity contribution is 1.30. The van der Waals surface area contributed by atoms with Crippen molar-refractivity contribution in [2.75, 3.05) is 4.90 Å². The zero-order valence-corrected chi connectivity index (χ0v) is 32.2. The van der Waals surface area contributed by atoms with E-state index in [-0.39, 0.29) is 0 Å². The van der Waals surface area contributed by atoms with Crippen LogP contribution in [0.5, 0.6) is 0 Å². The molecule has 0 aliphatic rings. The van der Waals surface area contributed by atoms with E-state index in [0.29, 0.717) is 0 Å². The van der Waals surface area contributed by atoms with E-state index in [1.165, 1.54) is 108 Å². The summed E-state index contributed by atoms with van der Waals surface area (Å²) in [4.78, 5) is 2.45. The van der Waals surface area contributed by atoms with Gasteiger partial charge < -0.3 is 4.90 Å². The van der Waals surface area contributed by atoms with Crippen molar-refractivity contribution in [3.63, 3.8) is 0 Å². The van der Waals surface area contributed by atoms with Crippen molar-refractivity contribution < 1.29 is 0 Å².